The molecule has 0 aliphatic carbocycles. The van der Waals surface area contributed by atoms with E-state index in [0.29, 0.717) is 0 Å². The maximum atomic E-state index is 4.83. The van der Waals surface area contributed by atoms with E-state index in [2.05, 4.69) is 59.3 Å². The van der Waals surface area contributed by atoms with E-state index >= 15 is 0 Å². The number of likely N-dealkylation sites (N-methyl/N-ethyl adjacent to an activating group) is 1. The number of aliphatic imine (C=N–C) groups is 1. The number of nitrogens with one attached hydrogen (secondary N) is 1. The topological polar surface area (TPSA) is 40.5 Å². The second kappa shape index (κ2) is 7.46. The van der Waals surface area contributed by atoms with E-state index in [-0.39, 0.29) is 0 Å². The molecule has 0 saturated heterocycles. The SMILES string of the molecule is C=C1C=C(c2ccnc(NCc3ccccc3)c2)N=C1C1=CN(C)CC=C1. The third kappa shape index (κ3) is 3.90. The molecule has 3 heterocycles. The first-order valence-electron chi connectivity index (χ1n) is 9.02. The summed E-state index contributed by atoms with van der Waals surface area (Å²) in [6, 6.07) is 14.3. The molecule has 0 unspecified atom stereocenters. The Morgan fingerprint density at radius 1 is 1.19 bits per heavy atom. The van der Waals surface area contributed by atoms with Crippen LogP contribution in [0.3, 0.4) is 0 Å². The van der Waals surface area contributed by atoms with Gasteiger partial charge in [-0.25, -0.2) is 9.98 Å². The molecule has 1 aromatic carbocycles. The highest BCUT2D eigenvalue weighted by Gasteiger charge is 2.18. The van der Waals surface area contributed by atoms with Gasteiger partial charge in [-0.15, -0.1) is 0 Å². The van der Waals surface area contributed by atoms with Gasteiger partial charge in [0.25, 0.3) is 0 Å². The maximum absolute atomic E-state index is 4.83. The number of pyridine rings is 1. The summed E-state index contributed by atoms with van der Waals surface area (Å²) in [6.45, 7) is 5.84. The molecule has 2 aliphatic heterocycles. The van der Waals surface area contributed by atoms with Crippen molar-refractivity contribution in [1.82, 2.24) is 9.88 Å². The summed E-state index contributed by atoms with van der Waals surface area (Å²) in [5.74, 6) is 0.836. The quantitative estimate of drug-likeness (QED) is 0.863. The number of hydrogen-bond acceptors (Lipinski definition) is 4. The van der Waals surface area contributed by atoms with Gasteiger partial charge in [-0.3, -0.25) is 0 Å². The molecule has 0 saturated carbocycles. The van der Waals surface area contributed by atoms with E-state index in [1.807, 2.05) is 42.6 Å². The minimum absolute atomic E-state index is 0.738. The van der Waals surface area contributed by atoms with Gasteiger partial charge in [-0.2, -0.15) is 0 Å². The summed E-state index contributed by atoms with van der Waals surface area (Å²) in [5, 5.41) is 3.38. The molecule has 1 aromatic heterocycles. The van der Waals surface area contributed by atoms with E-state index in [9.17, 15) is 0 Å². The van der Waals surface area contributed by atoms with Crippen molar-refractivity contribution in [1.29, 1.82) is 0 Å². The molecular formula is C23H22N4. The second-order valence-corrected chi connectivity index (χ2v) is 6.71. The number of benzene rings is 1. The zero-order valence-electron chi connectivity index (χ0n) is 15.4. The van der Waals surface area contributed by atoms with Crippen LogP contribution < -0.4 is 5.32 Å². The zero-order chi connectivity index (χ0) is 18.6. The number of hydrogen-bond donors (Lipinski definition) is 1. The van der Waals surface area contributed by atoms with Crippen molar-refractivity contribution in [3.8, 4) is 0 Å². The Balaban J connectivity index is 1.53. The molecule has 0 amide bonds. The third-order valence-corrected chi connectivity index (χ3v) is 4.54. The minimum atomic E-state index is 0.738. The first kappa shape index (κ1) is 17.0. The number of rotatable bonds is 5. The number of allylic oxidation sites excluding steroid dienone is 4. The van der Waals surface area contributed by atoms with Gasteiger partial charge in [0.2, 0.25) is 0 Å². The molecule has 4 heteroatoms. The fraction of sp³-hybridized carbons (Fsp3) is 0.130. The van der Waals surface area contributed by atoms with Crippen molar-refractivity contribution < 1.29 is 0 Å². The zero-order valence-corrected chi connectivity index (χ0v) is 15.4. The van der Waals surface area contributed by atoms with Gasteiger partial charge in [-0.05, 0) is 29.3 Å². The Kier molecular flexibility index (Phi) is 4.71. The van der Waals surface area contributed by atoms with Crippen LogP contribution in [-0.2, 0) is 6.54 Å². The molecule has 0 radical (unpaired) electrons. The standard InChI is InChI=1S/C23H22N4/c1-17-13-21(26-23(17)20-9-6-12-27(2)16-20)19-10-11-24-22(14-19)25-15-18-7-4-3-5-8-18/h3-11,13-14,16H,1,12,15H2,2H3,(H,24,25). The minimum Gasteiger partial charge on any atom is -0.376 e. The van der Waals surface area contributed by atoms with Gasteiger partial charge < -0.3 is 10.2 Å². The fourth-order valence-corrected chi connectivity index (χ4v) is 3.15. The molecule has 2 aromatic rings. The predicted molar refractivity (Wildman–Crippen MR) is 112 cm³/mol. The van der Waals surface area contributed by atoms with Crippen LogP contribution in [0.1, 0.15) is 11.1 Å². The lowest BCUT2D eigenvalue weighted by atomic mass is 10.0. The highest BCUT2D eigenvalue weighted by molar-refractivity contribution is 6.20. The van der Waals surface area contributed by atoms with Crippen LogP contribution in [-0.4, -0.2) is 29.2 Å². The highest BCUT2D eigenvalue weighted by atomic mass is 15.1. The summed E-state index contributed by atoms with van der Waals surface area (Å²) in [6.07, 6.45) is 10.2. The number of anilines is 1. The van der Waals surface area contributed by atoms with Crippen LogP contribution in [0.2, 0.25) is 0 Å². The van der Waals surface area contributed by atoms with Crippen LogP contribution in [0.4, 0.5) is 5.82 Å². The first-order chi connectivity index (χ1) is 13.2. The largest absolute Gasteiger partial charge is 0.376 e. The van der Waals surface area contributed by atoms with Gasteiger partial charge in [0.05, 0.1) is 11.4 Å². The van der Waals surface area contributed by atoms with Gasteiger partial charge in [0, 0.05) is 43.7 Å². The molecule has 0 atom stereocenters. The maximum Gasteiger partial charge on any atom is 0.126 e. The van der Waals surface area contributed by atoms with Gasteiger partial charge >= 0.3 is 0 Å². The average Bonchev–Trinajstić information content (AvgIpc) is 3.09. The van der Waals surface area contributed by atoms with Crippen molar-refractivity contribution in [3.63, 3.8) is 0 Å². The van der Waals surface area contributed by atoms with Crippen molar-refractivity contribution >= 4 is 17.2 Å². The molecule has 0 bridgehead atoms. The van der Waals surface area contributed by atoms with Crippen LogP contribution in [0.5, 0.6) is 0 Å². The lowest BCUT2D eigenvalue weighted by Crippen LogP contribution is -2.17. The third-order valence-electron chi connectivity index (χ3n) is 4.54. The van der Waals surface area contributed by atoms with Crippen molar-refractivity contribution in [2.24, 2.45) is 4.99 Å². The van der Waals surface area contributed by atoms with Gasteiger partial charge in [0.1, 0.15) is 5.82 Å². The molecule has 1 N–H and O–H groups in total. The van der Waals surface area contributed by atoms with Crippen molar-refractivity contribution in [3.05, 3.63) is 102 Å². The van der Waals surface area contributed by atoms with E-state index in [0.717, 1.165) is 47.0 Å². The molecule has 134 valence electrons. The first-order valence-corrected chi connectivity index (χ1v) is 9.02. The van der Waals surface area contributed by atoms with E-state index in [1.54, 1.807) is 0 Å². The normalized spacial score (nSPS) is 16.1. The highest BCUT2D eigenvalue weighted by Crippen LogP contribution is 2.29. The molecule has 4 rings (SSSR count). The molecule has 0 spiro atoms. The molecular weight excluding hydrogens is 332 g/mol. The Labute approximate surface area is 160 Å². The van der Waals surface area contributed by atoms with Crippen LogP contribution >= 0.6 is 0 Å². The summed E-state index contributed by atoms with van der Waals surface area (Å²) in [4.78, 5) is 11.4. The van der Waals surface area contributed by atoms with Crippen LogP contribution in [0.25, 0.3) is 5.70 Å². The van der Waals surface area contributed by atoms with Gasteiger partial charge in [0.15, 0.2) is 0 Å². The average molecular weight is 354 g/mol. The smallest absolute Gasteiger partial charge is 0.126 e. The Hall–Kier alpha value is -3.40. The van der Waals surface area contributed by atoms with Crippen molar-refractivity contribution in [2.45, 2.75) is 6.54 Å². The Bertz CT molecular complexity index is 980. The van der Waals surface area contributed by atoms with Crippen molar-refractivity contribution in [2.75, 3.05) is 18.9 Å². The molecule has 27 heavy (non-hydrogen) atoms. The van der Waals surface area contributed by atoms with E-state index in [4.69, 9.17) is 4.99 Å². The monoisotopic (exact) mass is 354 g/mol. The molecule has 0 fully saturated rings. The fourth-order valence-electron chi connectivity index (χ4n) is 3.15. The second-order valence-electron chi connectivity index (χ2n) is 6.71. The summed E-state index contributed by atoms with van der Waals surface area (Å²) >= 11 is 0. The number of nitrogens with zero attached hydrogens (tertiary/aromatic N) is 3. The van der Waals surface area contributed by atoms with E-state index in [1.165, 1.54) is 5.56 Å². The Morgan fingerprint density at radius 2 is 2.04 bits per heavy atom. The molecule has 4 nitrogen and oxygen atoms in total. The van der Waals surface area contributed by atoms with Gasteiger partial charge in [-0.1, -0.05) is 49.1 Å². The van der Waals surface area contributed by atoms with E-state index < -0.39 is 0 Å². The Morgan fingerprint density at radius 3 is 2.85 bits per heavy atom. The van der Waals surface area contributed by atoms with Crippen LogP contribution in [0, 0.1) is 0 Å². The summed E-state index contributed by atoms with van der Waals surface area (Å²) in [5.41, 5.74) is 6.14. The summed E-state index contributed by atoms with van der Waals surface area (Å²) in [7, 11) is 2.06. The lowest BCUT2D eigenvalue weighted by Gasteiger charge is -2.18. The predicted octanol–water partition coefficient (Wildman–Crippen LogP) is 4.43. The van der Waals surface area contributed by atoms with Crippen LogP contribution in [0.15, 0.2) is 95.8 Å². The number of aromatic nitrogens is 1. The lowest BCUT2D eigenvalue weighted by molar-refractivity contribution is 0.502. The summed E-state index contributed by atoms with van der Waals surface area (Å²) < 4.78 is 0. The molecule has 2 aliphatic rings.